The lowest BCUT2D eigenvalue weighted by molar-refractivity contribution is -0.139. The summed E-state index contributed by atoms with van der Waals surface area (Å²) in [5.41, 5.74) is 2.40. The number of nitrogens with zero attached hydrogens (tertiary/aromatic N) is 1. The van der Waals surface area contributed by atoms with E-state index in [1.807, 2.05) is 36.7 Å². The number of carbonyl (C=O) groups excluding carboxylic acids is 2. The molecule has 0 atom stereocenters. The first kappa shape index (κ1) is 13.8. The average Bonchev–Trinajstić information content (AvgIpc) is 2.61. The monoisotopic (exact) mass is 323 g/mol. The highest BCUT2D eigenvalue weighted by molar-refractivity contribution is 9.10. The van der Waals surface area contributed by atoms with Crippen LogP contribution >= 0.6 is 15.9 Å². The lowest BCUT2D eigenvalue weighted by atomic mass is 10.0. The van der Waals surface area contributed by atoms with Crippen molar-refractivity contribution in [1.29, 1.82) is 0 Å². The maximum absolute atomic E-state index is 12.2. The number of carbonyl (C=O) groups is 2. The van der Waals surface area contributed by atoms with Crippen molar-refractivity contribution in [2.24, 2.45) is 7.05 Å². The summed E-state index contributed by atoms with van der Waals surface area (Å²) in [4.78, 5) is 23.5. The van der Waals surface area contributed by atoms with E-state index in [-0.39, 0.29) is 12.2 Å². The SMILES string of the molecule is COC(=O)CC(=O)c1c(C)n(C)c2ccc(Br)cc12. The number of hydrogen-bond acceptors (Lipinski definition) is 3. The van der Waals surface area contributed by atoms with Gasteiger partial charge in [-0.05, 0) is 25.1 Å². The number of aryl methyl sites for hydroxylation is 1. The number of fused-ring (bicyclic) bond motifs is 1. The van der Waals surface area contributed by atoms with Crippen LogP contribution in [0.15, 0.2) is 22.7 Å². The van der Waals surface area contributed by atoms with Gasteiger partial charge in [0.2, 0.25) is 0 Å². The fourth-order valence-corrected chi connectivity index (χ4v) is 2.55. The van der Waals surface area contributed by atoms with Crippen LogP contribution in [-0.2, 0) is 16.6 Å². The van der Waals surface area contributed by atoms with Crippen LogP contribution < -0.4 is 0 Å². The van der Waals surface area contributed by atoms with Gasteiger partial charge in [-0.1, -0.05) is 15.9 Å². The first-order chi connectivity index (χ1) is 8.95. The van der Waals surface area contributed by atoms with E-state index in [1.54, 1.807) is 0 Å². The van der Waals surface area contributed by atoms with Gasteiger partial charge in [-0.2, -0.15) is 0 Å². The van der Waals surface area contributed by atoms with Gasteiger partial charge in [0, 0.05) is 33.7 Å². The van der Waals surface area contributed by atoms with E-state index in [1.165, 1.54) is 7.11 Å². The number of Topliss-reactive ketones (excluding diaryl/α,β-unsaturated/α-hetero) is 1. The minimum atomic E-state index is -0.517. The van der Waals surface area contributed by atoms with E-state index < -0.39 is 5.97 Å². The molecule has 5 heteroatoms. The van der Waals surface area contributed by atoms with Gasteiger partial charge in [-0.15, -0.1) is 0 Å². The third kappa shape index (κ3) is 2.42. The molecule has 1 aromatic heterocycles. The first-order valence-electron chi connectivity index (χ1n) is 5.80. The molecule has 0 spiro atoms. The summed E-state index contributed by atoms with van der Waals surface area (Å²) in [5, 5.41) is 0.850. The molecule has 0 aliphatic rings. The number of hydrogen-bond donors (Lipinski definition) is 0. The van der Waals surface area contributed by atoms with Gasteiger partial charge >= 0.3 is 5.97 Å². The Morgan fingerprint density at radius 2 is 2.05 bits per heavy atom. The van der Waals surface area contributed by atoms with Crippen LogP contribution in [0.4, 0.5) is 0 Å². The van der Waals surface area contributed by atoms with E-state index in [0.29, 0.717) is 5.56 Å². The molecule has 0 amide bonds. The first-order valence-corrected chi connectivity index (χ1v) is 6.59. The van der Waals surface area contributed by atoms with Crippen molar-refractivity contribution < 1.29 is 14.3 Å². The van der Waals surface area contributed by atoms with Crippen molar-refractivity contribution in [2.45, 2.75) is 13.3 Å². The third-order valence-corrected chi connectivity index (χ3v) is 3.76. The minimum absolute atomic E-state index is 0.215. The molecule has 4 nitrogen and oxygen atoms in total. The summed E-state index contributed by atoms with van der Waals surface area (Å²) in [6.07, 6.45) is -0.233. The smallest absolute Gasteiger partial charge is 0.313 e. The number of rotatable bonds is 3. The van der Waals surface area contributed by atoms with E-state index in [4.69, 9.17) is 0 Å². The lowest BCUT2D eigenvalue weighted by Crippen LogP contribution is -2.10. The molecule has 1 aromatic carbocycles. The molecule has 0 radical (unpaired) electrons. The number of benzene rings is 1. The highest BCUT2D eigenvalue weighted by atomic mass is 79.9. The zero-order chi connectivity index (χ0) is 14.2. The van der Waals surface area contributed by atoms with Gasteiger partial charge in [-0.25, -0.2) is 0 Å². The van der Waals surface area contributed by atoms with Crippen molar-refractivity contribution in [2.75, 3.05) is 7.11 Å². The molecular formula is C14H14BrNO3. The quantitative estimate of drug-likeness (QED) is 0.495. The number of methoxy groups -OCH3 is 1. The summed E-state index contributed by atoms with van der Waals surface area (Å²) in [7, 11) is 3.18. The van der Waals surface area contributed by atoms with Gasteiger partial charge in [0.15, 0.2) is 5.78 Å². The molecule has 0 aliphatic carbocycles. The Bertz CT molecular complexity index is 673. The molecule has 0 saturated carbocycles. The Balaban J connectivity index is 2.59. The van der Waals surface area contributed by atoms with Crippen LogP contribution in [0.5, 0.6) is 0 Å². The number of halogens is 1. The highest BCUT2D eigenvalue weighted by Gasteiger charge is 2.21. The molecular weight excluding hydrogens is 310 g/mol. The molecule has 0 bridgehead atoms. The van der Waals surface area contributed by atoms with E-state index in [9.17, 15) is 9.59 Å². The van der Waals surface area contributed by atoms with Crippen molar-refractivity contribution >= 4 is 38.6 Å². The van der Waals surface area contributed by atoms with E-state index >= 15 is 0 Å². The Morgan fingerprint density at radius 1 is 1.37 bits per heavy atom. The molecule has 0 saturated heterocycles. The fourth-order valence-electron chi connectivity index (χ4n) is 2.19. The average molecular weight is 324 g/mol. The molecule has 0 fully saturated rings. The molecule has 1 heterocycles. The standard InChI is InChI=1S/C14H14BrNO3/c1-8-14(12(17)7-13(18)19-3)10-6-9(15)4-5-11(10)16(8)2/h4-6H,7H2,1-3H3. The zero-order valence-electron chi connectivity index (χ0n) is 11.0. The minimum Gasteiger partial charge on any atom is -0.469 e. The molecule has 100 valence electrons. The van der Waals surface area contributed by atoms with Gasteiger partial charge in [0.25, 0.3) is 0 Å². The largest absolute Gasteiger partial charge is 0.469 e. The number of ether oxygens (including phenoxy) is 1. The Morgan fingerprint density at radius 3 is 2.68 bits per heavy atom. The fraction of sp³-hybridized carbons (Fsp3) is 0.286. The van der Waals surface area contributed by atoms with Crippen molar-refractivity contribution in [1.82, 2.24) is 4.57 Å². The van der Waals surface area contributed by atoms with Crippen molar-refractivity contribution in [3.05, 3.63) is 33.9 Å². The predicted molar refractivity (Wildman–Crippen MR) is 76.3 cm³/mol. The second-order valence-electron chi connectivity index (χ2n) is 4.36. The van der Waals surface area contributed by atoms with Gasteiger partial charge in [0.05, 0.1) is 7.11 Å². The maximum Gasteiger partial charge on any atom is 0.313 e. The van der Waals surface area contributed by atoms with Crippen molar-refractivity contribution in [3.63, 3.8) is 0 Å². The number of ketones is 1. The lowest BCUT2D eigenvalue weighted by Gasteiger charge is -2.01. The number of aromatic nitrogens is 1. The molecule has 0 unspecified atom stereocenters. The topological polar surface area (TPSA) is 48.3 Å². The van der Waals surface area contributed by atoms with Crippen LogP contribution in [-0.4, -0.2) is 23.4 Å². The van der Waals surface area contributed by atoms with E-state index in [0.717, 1.165) is 21.1 Å². The summed E-state index contributed by atoms with van der Waals surface area (Å²) < 4.78 is 7.40. The molecule has 0 aliphatic heterocycles. The Kier molecular flexibility index (Phi) is 3.75. The zero-order valence-corrected chi connectivity index (χ0v) is 12.6. The highest BCUT2D eigenvalue weighted by Crippen LogP contribution is 2.28. The molecule has 2 aromatic rings. The van der Waals surface area contributed by atoms with E-state index in [2.05, 4.69) is 20.7 Å². The summed E-state index contributed by atoms with van der Waals surface area (Å²) in [5.74, 6) is -0.732. The predicted octanol–water partition coefficient (Wildman–Crippen LogP) is 3.00. The van der Waals surface area contributed by atoms with Crippen LogP contribution in [0.3, 0.4) is 0 Å². The van der Waals surface area contributed by atoms with Crippen LogP contribution in [0, 0.1) is 6.92 Å². The Labute approximate surface area is 119 Å². The van der Waals surface area contributed by atoms with Gasteiger partial charge in [0.1, 0.15) is 6.42 Å². The summed E-state index contributed by atoms with van der Waals surface area (Å²) in [6.45, 7) is 1.87. The normalized spacial score (nSPS) is 10.7. The van der Waals surface area contributed by atoms with Crippen LogP contribution in [0.1, 0.15) is 22.5 Å². The molecule has 2 rings (SSSR count). The van der Waals surface area contributed by atoms with Crippen LogP contribution in [0.2, 0.25) is 0 Å². The van der Waals surface area contributed by atoms with Gasteiger partial charge in [-0.3, -0.25) is 9.59 Å². The number of esters is 1. The van der Waals surface area contributed by atoms with Crippen molar-refractivity contribution in [3.8, 4) is 0 Å². The van der Waals surface area contributed by atoms with Crippen LogP contribution in [0.25, 0.3) is 10.9 Å². The van der Waals surface area contributed by atoms with Gasteiger partial charge < -0.3 is 9.30 Å². The molecule has 0 N–H and O–H groups in total. The second-order valence-corrected chi connectivity index (χ2v) is 5.27. The second kappa shape index (κ2) is 5.17. The summed E-state index contributed by atoms with van der Waals surface area (Å²) in [6, 6.07) is 5.77. The maximum atomic E-state index is 12.2. The Hall–Kier alpha value is -1.62. The molecule has 19 heavy (non-hydrogen) atoms. The third-order valence-electron chi connectivity index (χ3n) is 3.27. The summed E-state index contributed by atoms with van der Waals surface area (Å²) >= 11 is 3.40.